The smallest absolute Gasteiger partial charge is 0.186 e. The number of rotatable bonds is 11. The Labute approximate surface area is 221 Å². The number of hydrogen-bond donors (Lipinski definition) is 0. The molecule has 7 nitrogen and oxygen atoms in total. The maximum atomic E-state index is 5.99. The summed E-state index contributed by atoms with van der Waals surface area (Å²) in [5.74, 6) is 0.968. The molecule has 202 valence electrons. The van der Waals surface area contributed by atoms with Crippen LogP contribution in [0.15, 0.2) is 47.5 Å². The van der Waals surface area contributed by atoms with Crippen LogP contribution in [0.5, 0.6) is 5.75 Å². The summed E-state index contributed by atoms with van der Waals surface area (Å²) in [6, 6.07) is 14.4. The molecule has 4 rings (SSSR count). The molecule has 2 aromatic rings. The lowest BCUT2D eigenvalue weighted by Crippen LogP contribution is -2.33. The molecule has 0 aliphatic carbocycles. The van der Waals surface area contributed by atoms with Crippen LogP contribution in [0.2, 0.25) is 0 Å². The molecule has 2 aromatic carbocycles. The number of fused-ring (bicyclic) bond motifs is 1. The Morgan fingerprint density at radius 2 is 1.57 bits per heavy atom. The fourth-order valence-electron chi connectivity index (χ4n) is 4.83. The van der Waals surface area contributed by atoms with Gasteiger partial charge in [0, 0.05) is 13.3 Å². The number of ether oxygens (including phenoxy) is 6. The van der Waals surface area contributed by atoms with Gasteiger partial charge in [-0.3, -0.25) is 4.99 Å². The first kappa shape index (κ1) is 27.7. The monoisotopic (exact) mass is 511 g/mol. The summed E-state index contributed by atoms with van der Waals surface area (Å²) in [5, 5.41) is 0. The van der Waals surface area contributed by atoms with Gasteiger partial charge in [-0.2, -0.15) is 0 Å². The van der Waals surface area contributed by atoms with Crippen LogP contribution in [-0.4, -0.2) is 63.5 Å². The van der Waals surface area contributed by atoms with E-state index in [0.717, 1.165) is 17.0 Å². The fourth-order valence-corrected chi connectivity index (χ4v) is 4.83. The second-order valence-electron chi connectivity index (χ2n) is 10.7. The van der Waals surface area contributed by atoms with Crippen LogP contribution in [0.1, 0.15) is 70.1 Å². The SMILES string of the molecule is CO[C@@H]1O[C@H](COCCOc2ccc(C=Nc3c(C(C)C)cccc3C(C)C)cc2)[C@@H]2OC(C)(C)OC12. The third-order valence-corrected chi connectivity index (χ3v) is 6.68. The summed E-state index contributed by atoms with van der Waals surface area (Å²) in [6.07, 6.45) is 0.779. The van der Waals surface area contributed by atoms with E-state index in [-0.39, 0.29) is 18.3 Å². The van der Waals surface area contributed by atoms with Crippen molar-refractivity contribution in [1.82, 2.24) is 0 Å². The van der Waals surface area contributed by atoms with Crippen molar-refractivity contribution >= 4 is 11.9 Å². The van der Waals surface area contributed by atoms with Crippen molar-refractivity contribution < 1.29 is 28.4 Å². The van der Waals surface area contributed by atoms with E-state index in [1.807, 2.05) is 44.3 Å². The minimum absolute atomic E-state index is 0.209. The van der Waals surface area contributed by atoms with E-state index in [1.54, 1.807) is 7.11 Å². The maximum Gasteiger partial charge on any atom is 0.186 e. The van der Waals surface area contributed by atoms with E-state index in [2.05, 4.69) is 45.9 Å². The zero-order valence-corrected chi connectivity index (χ0v) is 23.1. The largest absolute Gasteiger partial charge is 0.491 e. The lowest BCUT2D eigenvalue weighted by atomic mass is 9.93. The van der Waals surface area contributed by atoms with Crippen molar-refractivity contribution in [2.24, 2.45) is 4.99 Å². The maximum absolute atomic E-state index is 5.99. The first-order valence-corrected chi connectivity index (χ1v) is 13.2. The number of aliphatic imine (C=N–C) groups is 1. The molecule has 0 amide bonds. The van der Waals surface area contributed by atoms with E-state index >= 15 is 0 Å². The second kappa shape index (κ2) is 12.0. The third kappa shape index (κ3) is 6.78. The van der Waals surface area contributed by atoms with Crippen molar-refractivity contribution in [3.63, 3.8) is 0 Å². The van der Waals surface area contributed by atoms with Crippen molar-refractivity contribution in [3.05, 3.63) is 59.2 Å². The number of para-hydroxylation sites is 1. The van der Waals surface area contributed by atoms with Gasteiger partial charge in [-0.15, -0.1) is 0 Å². The Morgan fingerprint density at radius 3 is 2.19 bits per heavy atom. The van der Waals surface area contributed by atoms with Gasteiger partial charge in [0.15, 0.2) is 12.1 Å². The van der Waals surface area contributed by atoms with E-state index in [4.69, 9.17) is 33.4 Å². The van der Waals surface area contributed by atoms with E-state index in [1.165, 1.54) is 11.1 Å². The summed E-state index contributed by atoms with van der Waals surface area (Å²) in [6.45, 7) is 13.9. The highest BCUT2D eigenvalue weighted by Crippen LogP contribution is 2.39. The van der Waals surface area contributed by atoms with Gasteiger partial charge in [-0.05, 0) is 66.6 Å². The van der Waals surface area contributed by atoms with Crippen LogP contribution >= 0.6 is 0 Å². The van der Waals surface area contributed by atoms with Crippen molar-refractivity contribution in [1.29, 1.82) is 0 Å². The van der Waals surface area contributed by atoms with Gasteiger partial charge in [0.2, 0.25) is 0 Å². The second-order valence-corrected chi connectivity index (χ2v) is 10.7. The van der Waals surface area contributed by atoms with Gasteiger partial charge in [0.1, 0.15) is 30.7 Å². The quantitative estimate of drug-likeness (QED) is 0.273. The molecule has 7 heteroatoms. The fraction of sp³-hybridized carbons (Fsp3) is 0.567. The average Bonchev–Trinajstić information content (AvgIpc) is 3.35. The van der Waals surface area contributed by atoms with E-state index in [9.17, 15) is 0 Å². The lowest BCUT2D eigenvalue weighted by Gasteiger charge is -2.23. The normalized spacial score (nSPS) is 24.9. The number of methoxy groups -OCH3 is 1. The molecule has 0 N–H and O–H groups in total. The van der Waals surface area contributed by atoms with Crippen LogP contribution in [-0.2, 0) is 23.7 Å². The summed E-state index contributed by atoms with van der Waals surface area (Å²) < 4.78 is 34.9. The van der Waals surface area contributed by atoms with E-state index < -0.39 is 12.1 Å². The molecule has 1 unspecified atom stereocenters. The summed E-state index contributed by atoms with van der Waals surface area (Å²) in [5.41, 5.74) is 4.65. The molecule has 2 fully saturated rings. The highest BCUT2D eigenvalue weighted by atomic mass is 16.8. The highest BCUT2D eigenvalue weighted by molar-refractivity contribution is 5.83. The summed E-state index contributed by atoms with van der Waals surface area (Å²) >= 11 is 0. The van der Waals surface area contributed by atoms with Gasteiger partial charge in [-0.1, -0.05) is 45.9 Å². The number of benzene rings is 2. The van der Waals surface area contributed by atoms with Crippen LogP contribution in [0.3, 0.4) is 0 Å². The molecule has 0 radical (unpaired) electrons. The highest BCUT2D eigenvalue weighted by Gasteiger charge is 2.55. The summed E-state index contributed by atoms with van der Waals surface area (Å²) in [7, 11) is 1.61. The molecule has 37 heavy (non-hydrogen) atoms. The molecular weight excluding hydrogens is 470 g/mol. The molecule has 2 aliphatic rings. The zero-order chi connectivity index (χ0) is 26.6. The molecule has 0 aromatic heterocycles. The standard InChI is InChI=1S/C30H41NO6/c1-19(2)23-9-8-10-24(20(3)4)26(23)31-17-21-11-13-22(14-12-21)34-16-15-33-18-25-27-28(29(32-7)35-25)37-30(5,6)36-27/h8-14,17,19-20,25,27-29H,15-16,18H2,1-7H3/t25-,27+,28?,29-/m1/s1. The Morgan fingerprint density at radius 1 is 0.919 bits per heavy atom. The van der Waals surface area contributed by atoms with Gasteiger partial charge in [-0.25, -0.2) is 0 Å². The Kier molecular flexibility index (Phi) is 9.03. The molecule has 0 spiro atoms. The van der Waals surface area contributed by atoms with Crippen LogP contribution in [0.4, 0.5) is 5.69 Å². The first-order chi connectivity index (χ1) is 17.7. The summed E-state index contributed by atoms with van der Waals surface area (Å²) in [4.78, 5) is 4.89. The number of nitrogens with zero attached hydrogens (tertiary/aromatic N) is 1. The van der Waals surface area contributed by atoms with Gasteiger partial charge < -0.3 is 28.4 Å². The Balaban J connectivity index is 1.26. The molecule has 0 saturated carbocycles. The average molecular weight is 512 g/mol. The molecule has 2 saturated heterocycles. The molecule has 2 aliphatic heterocycles. The predicted octanol–water partition coefficient (Wildman–Crippen LogP) is 5.97. The molecule has 2 heterocycles. The van der Waals surface area contributed by atoms with Crippen molar-refractivity contribution in [3.8, 4) is 5.75 Å². The number of hydrogen-bond acceptors (Lipinski definition) is 7. The zero-order valence-electron chi connectivity index (χ0n) is 23.1. The third-order valence-electron chi connectivity index (χ3n) is 6.68. The van der Waals surface area contributed by atoms with Crippen molar-refractivity contribution in [2.45, 2.75) is 83.8 Å². The molecule has 4 atom stereocenters. The van der Waals surface area contributed by atoms with Crippen LogP contribution in [0, 0.1) is 0 Å². The first-order valence-electron chi connectivity index (χ1n) is 13.2. The van der Waals surface area contributed by atoms with Crippen LogP contribution < -0.4 is 4.74 Å². The minimum Gasteiger partial charge on any atom is -0.491 e. The van der Waals surface area contributed by atoms with E-state index in [0.29, 0.717) is 31.7 Å². The molecular formula is C30H41NO6. The minimum atomic E-state index is -0.650. The van der Waals surface area contributed by atoms with Crippen LogP contribution in [0.25, 0.3) is 0 Å². The lowest BCUT2D eigenvalue weighted by molar-refractivity contribution is -0.231. The van der Waals surface area contributed by atoms with Crippen molar-refractivity contribution in [2.75, 3.05) is 26.9 Å². The Hall–Kier alpha value is -2.29. The Bertz CT molecular complexity index is 1020. The predicted molar refractivity (Wildman–Crippen MR) is 144 cm³/mol. The van der Waals surface area contributed by atoms with Gasteiger partial charge in [0.25, 0.3) is 0 Å². The topological polar surface area (TPSA) is 67.7 Å². The molecule has 0 bridgehead atoms. The van der Waals surface area contributed by atoms with Gasteiger partial charge in [0.05, 0.1) is 18.9 Å². The van der Waals surface area contributed by atoms with Gasteiger partial charge >= 0.3 is 0 Å².